The number of anilines is 1. The number of rotatable bonds is 0. The molecule has 3 nitrogen and oxygen atoms in total. The highest BCUT2D eigenvalue weighted by atomic mass is 16.3. The van der Waals surface area contributed by atoms with E-state index in [0.29, 0.717) is 5.56 Å². The molecule has 0 aromatic heterocycles. The van der Waals surface area contributed by atoms with E-state index in [1.165, 1.54) is 12.1 Å². The summed E-state index contributed by atoms with van der Waals surface area (Å²) in [7, 11) is 0. The van der Waals surface area contributed by atoms with Gasteiger partial charge in [0.2, 0.25) is 0 Å². The SMILES string of the molecule is Cc1cc(O)c(N)cc1O. The molecule has 10 heavy (non-hydrogen) atoms. The minimum atomic E-state index is 0.00954. The van der Waals surface area contributed by atoms with Gasteiger partial charge in [-0.1, -0.05) is 0 Å². The molecule has 0 aliphatic carbocycles. The van der Waals surface area contributed by atoms with Crippen molar-refractivity contribution in [3.63, 3.8) is 0 Å². The number of benzene rings is 1. The maximum Gasteiger partial charge on any atom is 0.139 e. The highest BCUT2D eigenvalue weighted by Gasteiger charge is 2.00. The van der Waals surface area contributed by atoms with Gasteiger partial charge in [0.15, 0.2) is 0 Å². The second-order valence-corrected chi connectivity index (χ2v) is 2.20. The molecule has 1 aromatic rings. The first kappa shape index (κ1) is 6.74. The van der Waals surface area contributed by atoms with Crippen LogP contribution in [0.25, 0.3) is 0 Å². The molecule has 0 aliphatic heterocycles. The Labute approximate surface area is 58.7 Å². The number of aromatic hydroxyl groups is 2. The van der Waals surface area contributed by atoms with Crippen LogP contribution in [0.15, 0.2) is 12.1 Å². The van der Waals surface area contributed by atoms with Gasteiger partial charge in [-0.05, 0) is 18.6 Å². The summed E-state index contributed by atoms with van der Waals surface area (Å²) in [5.41, 5.74) is 6.09. The fraction of sp³-hybridized carbons (Fsp3) is 0.143. The molecule has 1 aromatic carbocycles. The van der Waals surface area contributed by atoms with Crippen LogP contribution in [-0.4, -0.2) is 10.2 Å². The van der Waals surface area contributed by atoms with Crippen molar-refractivity contribution in [2.24, 2.45) is 0 Å². The van der Waals surface area contributed by atoms with Crippen molar-refractivity contribution in [2.75, 3.05) is 5.73 Å². The van der Waals surface area contributed by atoms with E-state index in [1.54, 1.807) is 6.92 Å². The molecule has 0 fully saturated rings. The molecule has 0 saturated heterocycles. The normalized spacial score (nSPS) is 9.70. The van der Waals surface area contributed by atoms with Crippen LogP contribution in [0.2, 0.25) is 0 Å². The van der Waals surface area contributed by atoms with E-state index in [1.807, 2.05) is 0 Å². The van der Waals surface area contributed by atoms with Crippen molar-refractivity contribution in [3.05, 3.63) is 17.7 Å². The van der Waals surface area contributed by atoms with Crippen LogP contribution < -0.4 is 5.73 Å². The summed E-state index contributed by atoms with van der Waals surface area (Å²) in [5, 5.41) is 18.0. The average molecular weight is 139 g/mol. The highest BCUT2D eigenvalue weighted by molar-refractivity contribution is 5.57. The number of aryl methyl sites for hydroxylation is 1. The van der Waals surface area contributed by atoms with E-state index in [0.717, 1.165) is 0 Å². The molecular weight excluding hydrogens is 130 g/mol. The molecule has 0 spiro atoms. The minimum Gasteiger partial charge on any atom is -0.508 e. The molecule has 0 heterocycles. The Kier molecular flexibility index (Phi) is 1.41. The third kappa shape index (κ3) is 0.978. The van der Waals surface area contributed by atoms with Gasteiger partial charge in [-0.25, -0.2) is 0 Å². The fourth-order valence-corrected chi connectivity index (χ4v) is 0.697. The number of phenolic OH excluding ortho intramolecular Hbond substituents is 2. The Bertz CT molecular complexity index is 208. The van der Waals surface area contributed by atoms with Crippen LogP contribution in [0.5, 0.6) is 11.5 Å². The van der Waals surface area contributed by atoms with Gasteiger partial charge in [-0.3, -0.25) is 0 Å². The molecule has 0 amide bonds. The van der Waals surface area contributed by atoms with Crippen LogP contribution in [0.1, 0.15) is 5.56 Å². The smallest absolute Gasteiger partial charge is 0.139 e. The first-order valence-electron chi connectivity index (χ1n) is 2.89. The van der Waals surface area contributed by atoms with Crippen molar-refractivity contribution in [1.82, 2.24) is 0 Å². The third-order valence-electron chi connectivity index (χ3n) is 1.35. The van der Waals surface area contributed by atoms with Gasteiger partial charge in [-0.15, -0.1) is 0 Å². The first-order valence-corrected chi connectivity index (χ1v) is 2.89. The lowest BCUT2D eigenvalue weighted by atomic mass is 10.2. The van der Waals surface area contributed by atoms with E-state index in [9.17, 15) is 0 Å². The Balaban J connectivity index is 3.28. The zero-order valence-electron chi connectivity index (χ0n) is 5.63. The minimum absolute atomic E-state index is 0.00954. The number of nitrogens with two attached hydrogens (primary N) is 1. The van der Waals surface area contributed by atoms with E-state index in [-0.39, 0.29) is 17.2 Å². The lowest BCUT2D eigenvalue weighted by Gasteiger charge is -2.01. The average Bonchev–Trinajstić information content (AvgIpc) is 1.84. The maximum absolute atomic E-state index is 9.03. The standard InChI is InChI=1S/C7H9NO2/c1-4-2-7(10)5(8)3-6(4)9/h2-3,9-10H,8H2,1H3. The lowest BCUT2D eigenvalue weighted by molar-refractivity contribution is 0.459. The van der Waals surface area contributed by atoms with E-state index >= 15 is 0 Å². The summed E-state index contributed by atoms with van der Waals surface area (Å²) >= 11 is 0. The lowest BCUT2D eigenvalue weighted by Crippen LogP contribution is -1.85. The molecule has 3 heteroatoms. The van der Waals surface area contributed by atoms with Crippen molar-refractivity contribution in [3.8, 4) is 11.5 Å². The number of hydrogen-bond acceptors (Lipinski definition) is 3. The van der Waals surface area contributed by atoms with Crippen LogP contribution in [0, 0.1) is 6.92 Å². The van der Waals surface area contributed by atoms with Crippen molar-refractivity contribution in [2.45, 2.75) is 6.92 Å². The summed E-state index contributed by atoms with van der Waals surface area (Å²) in [4.78, 5) is 0. The quantitative estimate of drug-likeness (QED) is 0.285. The van der Waals surface area contributed by atoms with Gasteiger partial charge in [0.25, 0.3) is 0 Å². The summed E-state index contributed by atoms with van der Waals surface area (Å²) in [5.74, 6) is 0.116. The number of nitrogen functional groups attached to an aromatic ring is 1. The zero-order chi connectivity index (χ0) is 7.72. The van der Waals surface area contributed by atoms with Crippen LogP contribution >= 0.6 is 0 Å². The first-order chi connectivity index (χ1) is 4.61. The van der Waals surface area contributed by atoms with E-state index < -0.39 is 0 Å². The van der Waals surface area contributed by atoms with Gasteiger partial charge >= 0.3 is 0 Å². The molecule has 0 radical (unpaired) electrons. The van der Waals surface area contributed by atoms with Crippen LogP contribution in [0.3, 0.4) is 0 Å². The summed E-state index contributed by atoms with van der Waals surface area (Å²) in [6, 6.07) is 2.75. The molecular formula is C7H9NO2. The molecule has 4 N–H and O–H groups in total. The number of phenols is 2. The summed E-state index contributed by atoms with van der Waals surface area (Å²) in [6.45, 7) is 1.69. The summed E-state index contributed by atoms with van der Waals surface area (Å²) in [6.07, 6.45) is 0. The topological polar surface area (TPSA) is 66.5 Å². The molecule has 54 valence electrons. The maximum atomic E-state index is 9.03. The van der Waals surface area contributed by atoms with Gasteiger partial charge < -0.3 is 15.9 Å². The third-order valence-corrected chi connectivity index (χ3v) is 1.35. The number of hydrogen-bond donors (Lipinski definition) is 3. The van der Waals surface area contributed by atoms with E-state index in [2.05, 4.69) is 0 Å². The van der Waals surface area contributed by atoms with Crippen molar-refractivity contribution in [1.29, 1.82) is 0 Å². The van der Waals surface area contributed by atoms with Gasteiger partial charge in [0.05, 0.1) is 5.69 Å². The fourth-order valence-electron chi connectivity index (χ4n) is 0.697. The van der Waals surface area contributed by atoms with Gasteiger partial charge in [-0.2, -0.15) is 0 Å². The second kappa shape index (κ2) is 2.10. The van der Waals surface area contributed by atoms with Crippen LogP contribution in [0.4, 0.5) is 5.69 Å². The van der Waals surface area contributed by atoms with Crippen LogP contribution in [-0.2, 0) is 0 Å². The Morgan fingerprint density at radius 2 is 1.80 bits per heavy atom. The Hall–Kier alpha value is -1.38. The Morgan fingerprint density at radius 1 is 1.20 bits per heavy atom. The predicted molar refractivity (Wildman–Crippen MR) is 38.9 cm³/mol. The predicted octanol–water partition coefficient (Wildman–Crippen LogP) is 0.988. The molecule has 0 bridgehead atoms. The van der Waals surface area contributed by atoms with Gasteiger partial charge in [0.1, 0.15) is 11.5 Å². The Morgan fingerprint density at radius 3 is 2.30 bits per heavy atom. The molecule has 1 rings (SSSR count). The van der Waals surface area contributed by atoms with Crippen molar-refractivity contribution < 1.29 is 10.2 Å². The summed E-state index contributed by atoms with van der Waals surface area (Å²) < 4.78 is 0. The highest BCUT2D eigenvalue weighted by Crippen LogP contribution is 2.27. The van der Waals surface area contributed by atoms with E-state index in [4.69, 9.17) is 15.9 Å². The molecule has 0 saturated carbocycles. The molecule has 0 atom stereocenters. The second-order valence-electron chi connectivity index (χ2n) is 2.20. The monoisotopic (exact) mass is 139 g/mol. The van der Waals surface area contributed by atoms with Gasteiger partial charge in [0, 0.05) is 6.07 Å². The van der Waals surface area contributed by atoms with Crippen molar-refractivity contribution >= 4 is 5.69 Å². The molecule has 0 unspecified atom stereocenters. The zero-order valence-corrected chi connectivity index (χ0v) is 5.63. The largest absolute Gasteiger partial charge is 0.508 e. The molecule has 0 aliphatic rings.